The van der Waals surface area contributed by atoms with Gasteiger partial charge in [0.1, 0.15) is 5.75 Å². The van der Waals surface area contributed by atoms with Crippen LogP contribution in [0, 0.1) is 0 Å². The SMILES string of the molecule is O=c1ccc2cc(OCCCN3CCON(c4cccc5sccc45)CC3)ccc2[nH]1. The zero-order chi connectivity index (χ0) is 21.0. The van der Waals surface area contributed by atoms with E-state index in [1.54, 1.807) is 11.3 Å². The van der Waals surface area contributed by atoms with Crippen LogP contribution in [0.5, 0.6) is 5.75 Å². The average Bonchev–Trinajstić information content (AvgIpc) is 3.15. The summed E-state index contributed by atoms with van der Waals surface area (Å²) in [5, 5.41) is 6.41. The molecule has 5 rings (SSSR count). The van der Waals surface area contributed by atoms with Gasteiger partial charge in [-0.3, -0.25) is 19.6 Å². The fourth-order valence-corrected chi connectivity index (χ4v) is 4.81. The van der Waals surface area contributed by atoms with Crippen molar-refractivity contribution >= 4 is 38.0 Å². The van der Waals surface area contributed by atoms with Gasteiger partial charge in [-0.15, -0.1) is 11.3 Å². The van der Waals surface area contributed by atoms with Crippen LogP contribution >= 0.6 is 11.3 Å². The highest BCUT2D eigenvalue weighted by atomic mass is 32.1. The Hall–Kier alpha value is -2.87. The fraction of sp³-hybridized carbons (Fsp3) is 0.292. The number of pyridine rings is 1. The summed E-state index contributed by atoms with van der Waals surface area (Å²) in [4.78, 5) is 22.7. The average molecular weight is 436 g/mol. The van der Waals surface area contributed by atoms with Crippen LogP contribution < -0.4 is 15.4 Å². The molecule has 1 N–H and O–H groups in total. The van der Waals surface area contributed by atoms with Crippen LogP contribution in [0.3, 0.4) is 0 Å². The van der Waals surface area contributed by atoms with Crippen LogP contribution in [-0.4, -0.2) is 49.3 Å². The molecule has 0 saturated carbocycles. The van der Waals surface area contributed by atoms with Crippen molar-refractivity contribution in [1.82, 2.24) is 9.88 Å². The number of aromatic nitrogens is 1. The minimum Gasteiger partial charge on any atom is -0.494 e. The number of hydroxylamine groups is 1. The third kappa shape index (κ3) is 4.58. The number of hydrogen-bond acceptors (Lipinski definition) is 6. The molecule has 1 aliphatic heterocycles. The molecule has 0 unspecified atom stereocenters. The number of H-pyrrole nitrogens is 1. The van der Waals surface area contributed by atoms with E-state index in [2.05, 4.69) is 39.5 Å². The molecular formula is C24H25N3O3S. The lowest BCUT2D eigenvalue weighted by Gasteiger charge is -2.22. The molecule has 160 valence electrons. The predicted octanol–water partition coefficient (Wildman–Crippen LogP) is 4.27. The van der Waals surface area contributed by atoms with E-state index in [0.29, 0.717) is 13.2 Å². The molecule has 2 aromatic carbocycles. The van der Waals surface area contributed by atoms with Gasteiger partial charge in [0.2, 0.25) is 5.56 Å². The molecular weight excluding hydrogens is 410 g/mol. The zero-order valence-electron chi connectivity index (χ0n) is 17.3. The molecule has 6 nitrogen and oxygen atoms in total. The van der Waals surface area contributed by atoms with Crippen molar-refractivity contribution in [3.63, 3.8) is 0 Å². The van der Waals surface area contributed by atoms with Gasteiger partial charge < -0.3 is 9.72 Å². The number of hydrogen-bond donors (Lipinski definition) is 1. The van der Waals surface area contributed by atoms with Crippen LogP contribution in [0.2, 0.25) is 0 Å². The Morgan fingerprint density at radius 1 is 1.06 bits per heavy atom. The first-order valence-corrected chi connectivity index (χ1v) is 11.5. The molecule has 1 aliphatic rings. The summed E-state index contributed by atoms with van der Waals surface area (Å²) >= 11 is 1.76. The minimum absolute atomic E-state index is 0.0897. The van der Waals surface area contributed by atoms with Crippen molar-refractivity contribution in [3.8, 4) is 5.75 Å². The van der Waals surface area contributed by atoms with Crippen LogP contribution in [0.25, 0.3) is 21.0 Å². The van der Waals surface area contributed by atoms with Crippen LogP contribution in [0.4, 0.5) is 5.69 Å². The first-order valence-electron chi connectivity index (χ1n) is 10.6. The maximum atomic E-state index is 11.4. The number of benzene rings is 2. The van der Waals surface area contributed by atoms with Gasteiger partial charge in [0.25, 0.3) is 0 Å². The Balaban J connectivity index is 1.12. The van der Waals surface area contributed by atoms with E-state index < -0.39 is 0 Å². The van der Waals surface area contributed by atoms with Gasteiger partial charge in [-0.2, -0.15) is 0 Å². The molecule has 1 saturated heterocycles. The monoisotopic (exact) mass is 435 g/mol. The fourth-order valence-electron chi connectivity index (χ4n) is 4.00. The highest BCUT2D eigenvalue weighted by Gasteiger charge is 2.17. The Morgan fingerprint density at radius 3 is 3.00 bits per heavy atom. The maximum absolute atomic E-state index is 11.4. The third-order valence-corrected chi connectivity index (χ3v) is 6.48. The number of anilines is 1. The molecule has 3 heterocycles. The Morgan fingerprint density at radius 2 is 2.03 bits per heavy atom. The Bertz CT molecular complexity index is 1240. The maximum Gasteiger partial charge on any atom is 0.248 e. The number of aromatic amines is 1. The van der Waals surface area contributed by atoms with Crippen LogP contribution in [0.15, 0.2) is 64.8 Å². The summed E-state index contributed by atoms with van der Waals surface area (Å²) < 4.78 is 7.23. The highest BCUT2D eigenvalue weighted by molar-refractivity contribution is 7.17. The van der Waals surface area contributed by atoms with E-state index >= 15 is 0 Å². The Labute approximate surface area is 184 Å². The van der Waals surface area contributed by atoms with Gasteiger partial charge in [-0.1, -0.05) is 6.07 Å². The molecule has 0 bridgehead atoms. The summed E-state index contributed by atoms with van der Waals surface area (Å²) in [5.74, 6) is 0.828. The quantitative estimate of drug-likeness (QED) is 0.459. The van der Waals surface area contributed by atoms with E-state index in [0.717, 1.165) is 54.9 Å². The number of rotatable bonds is 6. The highest BCUT2D eigenvalue weighted by Crippen LogP contribution is 2.31. The largest absolute Gasteiger partial charge is 0.494 e. The van der Waals surface area contributed by atoms with Crippen LogP contribution in [-0.2, 0) is 4.84 Å². The molecule has 7 heteroatoms. The van der Waals surface area contributed by atoms with E-state index in [4.69, 9.17) is 9.57 Å². The standard InChI is InChI=1S/C24H25N3O3S/c28-24-8-5-18-17-19(6-7-21(18)25-24)29-14-2-10-26-11-12-27(30-15-13-26)22-3-1-4-23-20(22)9-16-31-23/h1,3-9,16-17H,2,10-15H2,(H,25,28). The number of fused-ring (bicyclic) bond motifs is 2. The summed E-state index contributed by atoms with van der Waals surface area (Å²) in [7, 11) is 0. The van der Waals surface area contributed by atoms with Crippen molar-refractivity contribution < 1.29 is 9.57 Å². The van der Waals surface area contributed by atoms with E-state index in [1.807, 2.05) is 29.3 Å². The van der Waals surface area contributed by atoms with E-state index in [1.165, 1.54) is 16.2 Å². The van der Waals surface area contributed by atoms with Gasteiger partial charge in [0.15, 0.2) is 0 Å². The molecule has 0 amide bonds. The van der Waals surface area contributed by atoms with Gasteiger partial charge >= 0.3 is 0 Å². The predicted molar refractivity (Wildman–Crippen MR) is 126 cm³/mol. The molecule has 0 radical (unpaired) electrons. The van der Waals surface area contributed by atoms with E-state index in [-0.39, 0.29) is 5.56 Å². The topological polar surface area (TPSA) is 57.8 Å². The second-order valence-corrected chi connectivity index (χ2v) is 8.61. The molecule has 31 heavy (non-hydrogen) atoms. The van der Waals surface area contributed by atoms with Crippen molar-refractivity contribution in [3.05, 3.63) is 70.3 Å². The summed E-state index contributed by atoms with van der Waals surface area (Å²) in [5.41, 5.74) is 1.89. The van der Waals surface area contributed by atoms with Gasteiger partial charge in [0, 0.05) is 46.7 Å². The second kappa shape index (κ2) is 9.09. The number of nitrogens with zero attached hydrogens (tertiary/aromatic N) is 2. The van der Waals surface area contributed by atoms with Crippen molar-refractivity contribution in [2.75, 3.05) is 44.5 Å². The summed E-state index contributed by atoms with van der Waals surface area (Å²) in [6.07, 6.45) is 0.948. The smallest absolute Gasteiger partial charge is 0.248 e. The van der Waals surface area contributed by atoms with Crippen LogP contribution in [0.1, 0.15) is 6.42 Å². The molecule has 0 spiro atoms. The normalized spacial score (nSPS) is 15.4. The number of ether oxygens (including phenoxy) is 1. The second-order valence-electron chi connectivity index (χ2n) is 7.66. The van der Waals surface area contributed by atoms with Gasteiger partial charge in [0.05, 0.1) is 25.4 Å². The van der Waals surface area contributed by atoms with Gasteiger partial charge in [-0.25, -0.2) is 0 Å². The lowest BCUT2D eigenvalue weighted by atomic mass is 10.2. The molecule has 1 fully saturated rings. The third-order valence-electron chi connectivity index (χ3n) is 5.60. The lowest BCUT2D eigenvalue weighted by molar-refractivity contribution is 0.117. The summed E-state index contributed by atoms with van der Waals surface area (Å²) in [6, 6.07) is 17.7. The van der Waals surface area contributed by atoms with Gasteiger partial charge in [-0.05, 0) is 54.3 Å². The molecule has 2 aromatic heterocycles. The minimum atomic E-state index is -0.0897. The summed E-state index contributed by atoms with van der Waals surface area (Å²) in [6.45, 7) is 5.04. The Kier molecular flexibility index (Phi) is 5.88. The molecule has 4 aromatic rings. The van der Waals surface area contributed by atoms with E-state index in [9.17, 15) is 4.79 Å². The first kappa shape index (κ1) is 20.1. The van der Waals surface area contributed by atoms with Crippen molar-refractivity contribution in [2.45, 2.75) is 6.42 Å². The zero-order valence-corrected chi connectivity index (χ0v) is 18.1. The van der Waals surface area contributed by atoms with Crippen molar-refractivity contribution in [2.24, 2.45) is 0 Å². The lowest BCUT2D eigenvalue weighted by Crippen LogP contribution is -2.31. The number of nitrogens with one attached hydrogen (secondary N) is 1. The number of thiophene rings is 1. The molecule has 0 atom stereocenters. The molecule has 0 aliphatic carbocycles. The van der Waals surface area contributed by atoms with Crippen molar-refractivity contribution in [1.29, 1.82) is 0 Å². The first-order chi connectivity index (χ1) is 15.3.